The van der Waals surface area contributed by atoms with Crippen molar-refractivity contribution in [2.24, 2.45) is 4.99 Å². The van der Waals surface area contributed by atoms with Crippen LogP contribution >= 0.6 is 24.0 Å². The van der Waals surface area contributed by atoms with Gasteiger partial charge in [-0.05, 0) is 24.7 Å². The molecule has 9 heteroatoms. The lowest BCUT2D eigenvalue weighted by atomic mass is 9.94. The van der Waals surface area contributed by atoms with Crippen LogP contribution < -0.4 is 15.5 Å². The van der Waals surface area contributed by atoms with E-state index in [1.54, 1.807) is 13.2 Å². The number of hydrogen-bond donors (Lipinski definition) is 2. The van der Waals surface area contributed by atoms with Crippen molar-refractivity contribution in [2.45, 2.75) is 39.3 Å². The van der Waals surface area contributed by atoms with Crippen molar-refractivity contribution in [1.82, 2.24) is 25.5 Å². The lowest BCUT2D eigenvalue weighted by Gasteiger charge is -2.33. The van der Waals surface area contributed by atoms with Crippen molar-refractivity contribution in [3.63, 3.8) is 0 Å². The van der Waals surface area contributed by atoms with Gasteiger partial charge in [0.05, 0.1) is 12.7 Å². The summed E-state index contributed by atoms with van der Waals surface area (Å²) in [6.45, 7) is 11.6. The third-order valence-electron chi connectivity index (χ3n) is 5.02. The molecule has 3 rings (SSSR count). The van der Waals surface area contributed by atoms with Crippen LogP contribution in [-0.2, 0) is 18.5 Å². The van der Waals surface area contributed by atoms with Crippen molar-refractivity contribution in [3.05, 3.63) is 41.7 Å². The molecule has 2 aromatic rings. The smallest absolute Gasteiger partial charge is 0.213 e. The fraction of sp³-hybridized carbons (Fsp3) is 0.571. The van der Waals surface area contributed by atoms with Crippen molar-refractivity contribution in [1.29, 1.82) is 0 Å². The third-order valence-corrected chi connectivity index (χ3v) is 5.02. The largest absolute Gasteiger partial charge is 0.443 e. The van der Waals surface area contributed by atoms with Crippen LogP contribution in [0.4, 0.5) is 5.82 Å². The first-order valence-electron chi connectivity index (χ1n) is 10.1. The van der Waals surface area contributed by atoms with E-state index in [2.05, 4.69) is 69.3 Å². The number of hydrogen-bond acceptors (Lipinski definition) is 6. The summed E-state index contributed by atoms with van der Waals surface area (Å²) in [5.74, 6) is 3.28. The van der Waals surface area contributed by atoms with E-state index in [1.165, 1.54) is 5.56 Å². The summed E-state index contributed by atoms with van der Waals surface area (Å²) in [5, 5.41) is 6.60. The molecule has 2 N–H and O–H groups in total. The summed E-state index contributed by atoms with van der Waals surface area (Å²) < 4.78 is 5.82. The number of likely N-dealkylation sites (N-methyl/N-ethyl adjacent to an activating group) is 1. The number of oxazole rings is 1. The monoisotopic (exact) mass is 527 g/mol. The normalized spacial score (nSPS) is 15.6. The number of piperazine rings is 1. The van der Waals surface area contributed by atoms with Crippen LogP contribution in [0.25, 0.3) is 0 Å². The molecule has 0 unspecified atom stereocenters. The van der Waals surface area contributed by atoms with Crippen LogP contribution in [0.15, 0.2) is 33.9 Å². The van der Waals surface area contributed by atoms with E-state index in [-0.39, 0.29) is 29.4 Å². The predicted molar refractivity (Wildman–Crippen MR) is 132 cm³/mol. The summed E-state index contributed by atoms with van der Waals surface area (Å²) in [4.78, 5) is 17.9. The maximum absolute atomic E-state index is 5.82. The Morgan fingerprint density at radius 3 is 2.47 bits per heavy atom. The van der Waals surface area contributed by atoms with Crippen LogP contribution in [-0.4, -0.2) is 61.1 Å². The number of anilines is 1. The van der Waals surface area contributed by atoms with E-state index < -0.39 is 0 Å². The van der Waals surface area contributed by atoms with Crippen molar-refractivity contribution in [2.75, 3.05) is 45.2 Å². The number of pyridine rings is 1. The van der Waals surface area contributed by atoms with Gasteiger partial charge >= 0.3 is 0 Å². The topological polar surface area (TPSA) is 81.8 Å². The molecule has 0 spiro atoms. The Balaban J connectivity index is 0.00000320. The first kappa shape index (κ1) is 24.4. The van der Waals surface area contributed by atoms with E-state index in [1.807, 2.05) is 12.3 Å². The molecule has 0 radical (unpaired) electrons. The number of guanidine groups is 1. The molecule has 166 valence electrons. The van der Waals surface area contributed by atoms with Gasteiger partial charge in [-0.1, -0.05) is 20.8 Å². The van der Waals surface area contributed by atoms with Crippen LogP contribution in [0.1, 0.15) is 38.0 Å². The standard InChI is InChI=1S/C21H33N7O.HI/c1-21(2,3)17-14-24-19(29-17)15-26-20(22-4)25-13-16-6-7-23-18(12-16)28-10-8-27(5)9-11-28;/h6-7,12,14H,8-11,13,15H2,1-5H3,(H2,22,25,26);1H. The Morgan fingerprint density at radius 2 is 1.83 bits per heavy atom. The molecule has 0 atom stereocenters. The molecule has 3 heterocycles. The van der Waals surface area contributed by atoms with E-state index in [0.29, 0.717) is 24.9 Å². The van der Waals surface area contributed by atoms with Gasteiger partial charge in [-0.3, -0.25) is 4.99 Å². The molecule has 0 aliphatic carbocycles. The Kier molecular flexibility index (Phi) is 8.90. The zero-order chi connectivity index (χ0) is 20.9. The minimum Gasteiger partial charge on any atom is -0.443 e. The van der Waals surface area contributed by atoms with Gasteiger partial charge in [-0.2, -0.15) is 0 Å². The maximum Gasteiger partial charge on any atom is 0.213 e. The van der Waals surface area contributed by atoms with Gasteiger partial charge in [-0.25, -0.2) is 9.97 Å². The minimum atomic E-state index is -0.0476. The molecule has 1 aliphatic heterocycles. The number of aromatic nitrogens is 2. The summed E-state index contributed by atoms with van der Waals surface area (Å²) in [7, 11) is 3.92. The molecule has 0 aromatic carbocycles. The average Bonchev–Trinajstić information content (AvgIpc) is 3.18. The average molecular weight is 527 g/mol. The molecule has 1 fully saturated rings. The van der Waals surface area contributed by atoms with Gasteiger partial charge in [-0.15, -0.1) is 24.0 Å². The quantitative estimate of drug-likeness (QED) is 0.352. The van der Waals surface area contributed by atoms with Gasteiger partial charge < -0.3 is 24.9 Å². The molecule has 30 heavy (non-hydrogen) atoms. The highest BCUT2D eigenvalue weighted by atomic mass is 127. The first-order valence-corrected chi connectivity index (χ1v) is 10.1. The van der Waals surface area contributed by atoms with Crippen LogP contribution in [0, 0.1) is 0 Å². The van der Waals surface area contributed by atoms with E-state index >= 15 is 0 Å². The summed E-state index contributed by atoms with van der Waals surface area (Å²) >= 11 is 0. The lowest BCUT2D eigenvalue weighted by molar-refractivity contribution is 0.312. The molecule has 2 aromatic heterocycles. The summed E-state index contributed by atoms with van der Waals surface area (Å²) in [5.41, 5.74) is 1.12. The summed E-state index contributed by atoms with van der Waals surface area (Å²) in [6.07, 6.45) is 3.67. The maximum atomic E-state index is 5.82. The van der Waals surface area contributed by atoms with E-state index in [4.69, 9.17) is 4.42 Å². The number of halogens is 1. The Morgan fingerprint density at radius 1 is 1.13 bits per heavy atom. The van der Waals surface area contributed by atoms with Crippen molar-refractivity contribution >= 4 is 35.8 Å². The molecule has 1 aliphatic rings. The van der Waals surface area contributed by atoms with E-state index in [9.17, 15) is 0 Å². The molecular weight excluding hydrogens is 493 g/mol. The van der Waals surface area contributed by atoms with Crippen LogP contribution in [0.5, 0.6) is 0 Å². The minimum absolute atomic E-state index is 0. The fourth-order valence-electron chi connectivity index (χ4n) is 3.08. The number of nitrogens with zero attached hydrogens (tertiary/aromatic N) is 5. The molecule has 0 saturated carbocycles. The van der Waals surface area contributed by atoms with Crippen molar-refractivity contribution in [3.8, 4) is 0 Å². The highest BCUT2D eigenvalue weighted by Crippen LogP contribution is 2.22. The molecule has 1 saturated heterocycles. The zero-order valence-electron chi connectivity index (χ0n) is 18.6. The van der Waals surface area contributed by atoms with Gasteiger partial charge in [0.1, 0.15) is 11.6 Å². The second kappa shape index (κ2) is 10.9. The highest BCUT2D eigenvalue weighted by Gasteiger charge is 2.19. The molecule has 0 bridgehead atoms. The van der Waals surface area contributed by atoms with Gasteiger partial charge in [0.15, 0.2) is 5.96 Å². The third kappa shape index (κ3) is 6.83. The number of aliphatic imine (C=N–C) groups is 1. The lowest BCUT2D eigenvalue weighted by Crippen LogP contribution is -2.44. The first-order chi connectivity index (χ1) is 13.8. The molecule has 0 amide bonds. The van der Waals surface area contributed by atoms with Crippen molar-refractivity contribution < 1.29 is 4.42 Å². The summed E-state index contributed by atoms with van der Waals surface area (Å²) in [6, 6.07) is 4.18. The highest BCUT2D eigenvalue weighted by molar-refractivity contribution is 14.0. The Labute approximate surface area is 196 Å². The molecule has 8 nitrogen and oxygen atoms in total. The van der Waals surface area contributed by atoms with Crippen LogP contribution in [0.2, 0.25) is 0 Å². The van der Waals surface area contributed by atoms with Gasteiger partial charge in [0, 0.05) is 51.4 Å². The second-order valence-electron chi connectivity index (χ2n) is 8.46. The second-order valence-corrected chi connectivity index (χ2v) is 8.46. The van der Waals surface area contributed by atoms with E-state index in [0.717, 1.165) is 37.8 Å². The fourth-order valence-corrected chi connectivity index (χ4v) is 3.08. The SMILES string of the molecule is CN=C(NCc1ccnc(N2CCN(C)CC2)c1)NCc1ncc(C(C)(C)C)o1.I. The predicted octanol–water partition coefficient (Wildman–Crippen LogP) is 2.60. The molecular formula is C21H34IN7O. The van der Waals surface area contributed by atoms with Crippen LogP contribution in [0.3, 0.4) is 0 Å². The van der Waals surface area contributed by atoms with Gasteiger partial charge in [0.25, 0.3) is 0 Å². The number of nitrogens with one attached hydrogen (secondary N) is 2. The number of rotatable bonds is 5. The van der Waals surface area contributed by atoms with Gasteiger partial charge in [0.2, 0.25) is 5.89 Å². The Bertz CT molecular complexity index is 823. The Hall–Kier alpha value is -1.88. The zero-order valence-corrected chi connectivity index (χ0v) is 20.9.